The lowest BCUT2D eigenvalue weighted by molar-refractivity contribution is 0.0699. The molecule has 0 atom stereocenters. The summed E-state index contributed by atoms with van der Waals surface area (Å²) in [6.45, 7) is 0. The zero-order valence-corrected chi connectivity index (χ0v) is 10.7. The highest BCUT2D eigenvalue weighted by Crippen LogP contribution is 2.36. The molecule has 0 spiro atoms. The first-order chi connectivity index (χ1) is 10.6. The minimum absolute atomic E-state index is 0.0342. The lowest BCUT2D eigenvalue weighted by atomic mass is 10.0. The first kappa shape index (κ1) is 14.7. The number of fused-ring (bicyclic) bond motifs is 1. The summed E-state index contributed by atoms with van der Waals surface area (Å²) < 4.78 is 0. The van der Waals surface area contributed by atoms with E-state index in [9.17, 15) is 24.3 Å². The third kappa shape index (κ3) is 2.75. The van der Waals surface area contributed by atoms with Gasteiger partial charge in [0.2, 0.25) is 18.2 Å². The van der Waals surface area contributed by atoms with Gasteiger partial charge in [0.1, 0.15) is 0 Å². The number of carboxylic acid groups (broad SMARTS) is 1. The first-order valence-electron chi connectivity index (χ1n) is 5.69. The average molecular weight is 295 g/mol. The highest BCUT2D eigenvalue weighted by atomic mass is 16.4. The SMILES string of the molecule is O=C=Nc1cc(C(=O)O)c2cc(N=C=O)cc(N=C=O)c2c1. The van der Waals surface area contributed by atoms with Gasteiger partial charge in [-0.3, -0.25) is 0 Å². The Balaban J connectivity index is 3.02. The van der Waals surface area contributed by atoms with Crippen molar-refractivity contribution in [3.8, 4) is 0 Å². The van der Waals surface area contributed by atoms with Crippen LogP contribution in [-0.4, -0.2) is 29.3 Å². The maximum Gasteiger partial charge on any atom is 0.336 e. The van der Waals surface area contributed by atoms with Crippen molar-refractivity contribution in [1.82, 2.24) is 0 Å². The topological polar surface area (TPSA) is 126 Å². The second-order valence-corrected chi connectivity index (χ2v) is 3.97. The third-order valence-corrected chi connectivity index (χ3v) is 2.76. The third-order valence-electron chi connectivity index (χ3n) is 2.76. The number of carbonyl (C=O) groups is 1. The molecule has 0 aliphatic heterocycles. The van der Waals surface area contributed by atoms with Crippen LogP contribution in [-0.2, 0) is 14.4 Å². The summed E-state index contributed by atoms with van der Waals surface area (Å²) in [6.07, 6.45) is 3.94. The standard InChI is InChI=1S/C14H5N3O5/c18-5-15-8-2-11-10(12(3-8)14(21)22)1-9(16-6-19)4-13(11)17-7-20/h1-4H,(H,21,22). The summed E-state index contributed by atoms with van der Waals surface area (Å²) in [6, 6.07) is 5.11. The number of nitrogens with zero attached hydrogens (tertiary/aromatic N) is 3. The van der Waals surface area contributed by atoms with Crippen molar-refractivity contribution in [1.29, 1.82) is 0 Å². The van der Waals surface area contributed by atoms with Crippen LogP contribution in [0.3, 0.4) is 0 Å². The van der Waals surface area contributed by atoms with Crippen LogP contribution in [0.1, 0.15) is 10.4 Å². The van der Waals surface area contributed by atoms with E-state index >= 15 is 0 Å². The Labute approximate surface area is 122 Å². The second-order valence-electron chi connectivity index (χ2n) is 3.97. The number of aromatic carboxylic acids is 1. The first-order valence-corrected chi connectivity index (χ1v) is 5.69. The normalized spacial score (nSPS) is 9.27. The quantitative estimate of drug-likeness (QED) is 0.684. The Bertz CT molecular complexity index is 868. The average Bonchev–Trinajstić information content (AvgIpc) is 2.48. The molecule has 0 aliphatic rings. The van der Waals surface area contributed by atoms with Crippen LogP contribution in [0, 0.1) is 0 Å². The van der Waals surface area contributed by atoms with Crippen molar-refractivity contribution >= 4 is 52.0 Å². The molecule has 0 unspecified atom stereocenters. The van der Waals surface area contributed by atoms with Gasteiger partial charge >= 0.3 is 5.97 Å². The Morgan fingerprint density at radius 3 is 1.91 bits per heavy atom. The van der Waals surface area contributed by atoms with E-state index in [1.807, 2.05) is 0 Å². The number of rotatable bonds is 4. The van der Waals surface area contributed by atoms with Crippen molar-refractivity contribution in [2.24, 2.45) is 15.0 Å². The van der Waals surface area contributed by atoms with E-state index in [1.165, 1.54) is 36.4 Å². The van der Waals surface area contributed by atoms with E-state index in [2.05, 4.69) is 15.0 Å². The summed E-state index contributed by atoms with van der Waals surface area (Å²) in [7, 11) is 0. The maximum atomic E-state index is 11.4. The molecule has 0 radical (unpaired) electrons. The molecule has 0 bridgehead atoms. The number of hydrogen-bond donors (Lipinski definition) is 1. The lowest BCUT2D eigenvalue weighted by Crippen LogP contribution is -1.97. The maximum absolute atomic E-state index is 11.4. The number of carbonyl (C=O) groups excluding carboxylic acids is 3. The van der Waals surface area contributed by atoms with Crippen molar-refractivity contribution < 1.29 is 24.3 Å². The largest absolute Gasteiger partial charge is 0.478 e. The van der Waals surface area contributed by atoms with E-state index in [-0.39, 0.29) is 33.4 Å². The molecule has 1 N–H and O–H groups in total. The second kappa shape index (κ2) is 6.17. The van der Waals surface area contributed by atoms with Crippen LogP contribution in [0.15, 0.2) is 39.2 Å². The molecule has 2 aromatic carbocycles. The molecule has 8 nitrogen and oxygen atoms in total. The Kier molecular flexibility index (Phi) is 4.13. The molecular weight excluding hydrogens is 290 g/mol. The highest BCUT2D eigenvalue weighted by molar-refractivity contribution is 6.09. The smallest absolute Gasteiger partial charge is 0.336 e. The van der Waals surface area contributed by atoms with E-state index in [4.69, 9.17) is 0 Å². The van der Waals surface area contributed by atoms with E-state index < -0.39 is 5.97 Å². The van der Waals surface area contributed by atoms with Gasteiger partial charge in [-0.05, 0) is 24.3 Å². The van der Waals surface area contributed by atoms with Gasteiger partial charge in [-0.1, -0.05) is 0 Å². The predicted molar refractivity (Wildman–Crippen MR) is 74.3 cm³/mol. The van der Waals surface area contributed by atoms with Crippen LogP contribution in [0.25, 0.3) is 10.8 Å². The van der Waals surface area contributed by atoms with Gasteiger partial charge in [0, 0.05) is 10.8 Å². The van der Waals surface area contributed by atoms with Crippen molar-refractivity contribution in [3.05, 3.63) is 29.8 Å². The molecule has 0 heterocycles. The van der Waals surface area contributed by atoms with Crippen LogP contribution < -0.4 is 0 Å². The molecule has 106 valence electrons. The monoisotopic (exact) mass is 295 g/mol. The van der Waals surface area contributed by atoms with Gasteiger partial charge in [0.25, 0.3) is 0 Å². The molecule has 0 aromatic heterocycles. The molecule has 2 rings (SSSR count). The van der Waals surface area contributed by atoms with Crippen LogP contribution in [0.4, 0.5) is 17.1 Å². The number of isocyanates is 3. The molecule has 0 fully saturated rings. The van der Waals surface area contributed by atoms with Gasteiger partial charge in [0.05, 0.1) is 22.6 Å². The van der Waals surface area contributed by atoms with Gasteiger partial charge in [0.15, 0.2) is 0 Å². The summed E-state index contributed by atoms with van der Waals surface area (Å²) >= 11 is 0. The van der Waals surface area contributed by atoms with Crippen LogP contribution >= 0.6 is 0 Å². The Morgan fingerprint density at radius 1 is 0.818 bits per heavy atom. The number of hydrogen-bond acceptors (Lipinski definition) is 7. The van der Waals surface area contributed by atoms with Gasteiger partial charge in [-0.15, -0.1) is 0 Å². The molecule has 2 aromatic rings. The van der Waals surface area contributed by atoms with E-state index in [1.54, 1.807) is 0 Å². The van der Waals surface area contributed by atoms with Crippen molar-refractivity contribution in [3.63, 3.8) is 0 Å². The van der Waals surface area contributed by atoms with Crippen LogP contribution in [0.2, 0.25) is 0 Å². The van der Waals surface area contributed by atoms with Crippen molar-refractivity contribution in [2.45, 2.75) is 0 Å². The summed E-state index contributed by atoms with van der Waals surface area (Å²) in [4.78, 5) is 52.8. The summed E-state index contributed by atoms with van der Waals surface area (Å²) in [5.41, 5.74) is -0.0525. The van der Waals surface area contributed by atoms with Gasteiger partial charge < -0.3 is 5.11 Å². The van der Waals surface area contributed by atoms with E-state index in [0.717, 1.165) is 6.07 Å². The van der Waals surface area contributed by atoms with E-state index in [0.29, 0.717) is 0 Å². The summed E-state index contributed by atoms with van der Waals surface area (Å²) in [5, 5.41) is 9.67. The van der Waals surface area contributed by atoms with Crippen molar-refractivity contribution in [2.75, 3.05) is 0 Å². The lowest BCUT2D eigenvalue weighted by Gasteiger charge is -2.07. The fourth-order valence-corrected chi connectivity index (χ4v) is 1.97. The highest BCUT2D eigenvalue weighted by Gasteiger charge is 2.14. The van der Waals surface area contributed by atoms with Crippen LogP contribution in [0.5, 0.6) is 0 Å². The molecule has 0 aliphatic carbocycles. The minimum atomic E-state index is -1.29. The predicted octanol–water partition coefficient (Wildman–Crippen LogP) is 2.44. The molecular formula is C14H5N3O5. The molecule has 0 saturated heterocycles. The minimum Gasteiger partial charge on any atom is -0.478 e. The number of aliphatic imine (C=N–C) groups is 3. The number of carboxylic acids is 1. The molecule has 0 amide bonds. The van der Waals surface area contributed by atoms with Gasteiger partial charge in [-0.25, -0.2) is 19.2 Å². The Hall–Kier alpha value is -3.69. The zero-order chi connectivity index (χ0) is 16.1. The summed E-state index contributed by atoms with van der Waals surface area (Å²) in [5.74, 6) is -1.29. The molecule has 0 saturated carbocycles. The molecule has 22 heavy (non-hydrogen) atoms. The molecule has 8 heteroatoms. The fourth-order valence-electron chi connectivity index (χ4n) is 1.97. The Morgan fingerprint density at radius 2 is 1.36 bits per heavy atom. The number of benzene rings is 2. The zero-order valence-electron chi connectivity index (χ0n) is 10.7. The fraction of sp³-hybridized carbons (Fsp3) is 0. The van der Waals surface area contributed by atoms with Gasteiger partial charge in [-0.2, -0.15) is 15.0 Å².